The quantitative estimate of drug-likeness (QED) is 0.491. The number of aromatic amines is 1. The summed E-state index contributed by atoms with van der Waals surface area (Å²) in [6.07, 6.45) is 2.00. The summed E-state index contributed by atoms with van der Waals surface area (Å²) in [5.41, 5.74) is 2.97. The lowest BCUT2D eigenvalue weighted by molar-refractivity contribution is -0.401. The molecule has 0 aromatic carbocycles. The van der Waals surface area contributed by atoms with Crippen LogP contribution in [0.25, 0.3) is 11.5 Å². The average molecular weight is 279 g/mol. The molecule has 0 aliphatic rings. The first kappa shape index (κ1) is 13.3. The molecule has 10 heteroatoms. The Hall–Kier alpha value is -3.17. The number of rotatable bonds is 4. The number of furan rings is 1. The summed E-state index contributed by atoms with van der Waals surface area (Å²) in [5.74, 6) is -0.154. The second kappa shape index (κ2) is 5.65. The molecular weight excluding hydrogens is 270 g/mol. The molecule has 0 spiro atoms. The van der Waals surface area contributed by atoms with Crippen LogP contribution in [0.15, 0.2) is 27.8 Å². The Morgan fingerprint density at radius 1 is 1.65 bits per heavy atom. The van der Waals surface area contributed by atoms with E-state index in [0.717, 1.165) is 0 Å². The molecule has 20 heavy (non-hydrogen) atoms. The average Bonchev–Trinajstić information content (AvgIpc) is 3.06. The van der Waals surface area contributed by atoms with Gasteiger partial charge in [-0.25, -0.2) is 10.2 Å². The zero-order chi connectivity index (χ0) is 14.5. The SMILES string of the molecule is COC(=O)NN=Cc1cn[nH]c1-c1ccc([N+](=O)[O-])o1. The van der Waals surface area contributed by atoms with Crippen LogP contribution in [-0.4, -0.2) is 34.5 Å². The Kier molecular flexibility index (Phi) is 3.75. The second-order valence-electron chi connectivity index (χ2n) is 3.46. The maximum atomic E-state index is 10.8. The van der Waals surface area contributed by atoms with E-state index in [2.05, 4.69) is 25.5 Å². The number of amides is 1. The van der Waals surface area contributed by atoms with E-state index in [0.29, 0.717) is 11.3 Å². The Morgan fingerprint density at radius 2 is 2.45 bits per heavy atom. The number of carbonyl (C=O) groups is 1. The van der Waals surface area contributed by atoms with Crippen LogP contribution in [0.2, 0.25) is 0 Å². The first-order valence-electron chi connectivity index (χ1n) is 5.27. The van der Waals surface area contributed by atoms with Crippen molar-refractivity contribution in [1.29, 1.82) is 0 Å². The fourth-order valence-electron chi connectivity index (χ4n) is 1.35. The van der Waals surface area contributed by atoms with Crippen molar-refractivity contribution in [3.8, 4) is 11.5 Å². The van der Waals surface area contributed by atoms with Gasteiger partial charge in [-0.2, -0.15) is 10.2 Å². The highest BCUT2D eigenvalue weighted by Crippen LogP contribution is 2.26. The number of hydrazone groups is 1. The second-order valence-corrected chi connectivity index (χ2v) is 3.46. The van der Waals surface area contributed by atoms with Crippen molar-refractivity contribution in [3.63, 3.8) is 0 Å². The molecule has 2 heterocycles. The minimum absolute atomic E-state index is 0.230. The number of H-pyrrole nitrogens is 1. The smallest absolute Gasteiger partial charge is 0.433 e. The first-order valence-corrected chi connectivity index (χ1v) is 5.27. The molecular formula is C10H9N5O5. The fourth-order valence-corrected chi connectivity index (χ4v) is 1.35. The van der Waals surface area contributed by atoms with E-state index in [9.17, 15) is 14.9 Å². The number of nitrogens with one attached hydrogen (secondary N) is 2. The molecule has 0 aliphatic carbocycles. The minimum atomic E-state index is -0.722. The highest BCUT2D eigenvalue weighted by molar-refractivity contribution is 5.88. The molecule has 0 bridgehead atoms. The van der Waals surface area contributed by atoms with Crippen LogP contribution in [-0.2, 0) is 4.74 Å². The van der Waals surface area contributed by atoms with Crippen LogP contribution in [0.4, 0.5) is 10.7 Å². The van der Waals surface area contributed by atoms with Crippen molar-refractivity contribution < 1.29 is 18.9 Å². The third-order valence-electron chi connectivity index (χ3n) is 2.23. The van der Waals surface area contributed by atoms with E-state index in [1.54, 1.807) is 0 Å². The van der Waals surface area contributed by atoms with Crippen molar-refractivity contribution in [2.75, 3.05) is 7.11 Å². The van der Waals surface area contributed by atoms with Crippen LogP contribution >= 0.6 is 0 Å². The largest absolute Gasteiger partial charge is 0.452 e. The maximum Gasteiger partial charge on any atom is 0.433 e. The molecule has 0 aliphatic heterocycles. The number of nitrogens with zero attached hydrogens (tertiary/aromatic N) is 3. The summed E-state index contributed by atoms with van der Waals surface area (Å²) in [4.78, 5) is 20.7. The Balaban J connectivity index is 2.19. The number of aromatic nitrogens is 2. The lowest BCUT2D eigenvalue weighted by atomic mass is 10.2. The summed E-state index contributed by atoms with van der Waals surface area (Å²) in [6.45, 7) is 0. The van der Waals surface area contributed by atoms with Gasteiger partial charge in [-0.05, 0) is 6.07 Å². The monoisotopic (exact) mass is 279 g/mol. The van der Waals surface area contributed by atoms with Gasteiger partial charge in [-0.3, -0.25) is 15.2 Å². The van der Waals surface area contributed by atoms with Gasteiger partial charge >= 0.3 is 12.0 Å². The molecule has 2 N–H and O–H groups in total. The zero-order valence-corrected chi connectivity index (χ0v) is 10.2. The number of nitro groups is 1. The van der Waals surface area contributed by atoms with Gasteiger partial charge < -0.3 is 9.15 Å². The molecule has 0 atom stereocenters. The van der Waals surface area contributed by atoms with Crippen molar-refractivity contribution in [3.05, 3.63) is 34.0 Å². The standard InChI is InChI=1S/C10H9N5O5/c1-19-10(16)14-12-5-6-4-11-13-9(6)7-2-3-8(20-7)15(17)18/h2-5H,1H3,(H,11,13)(H,14,16). The Labute approximate surface area is 111 Å². The lowest BCUT2D eigenvalue weighted by Gasteiger charge is -1.96. The van der Waals surface area contributed by atoms with Gasteiger partial charge in [-0.1, -0.05) is 0 Å². The molecule has 0 saturated heterocycles. The van der Waals surface area contributed by atoms with E-state index in [1.807, 2.05) is 0 Å². The van der Waals surface area contributed by atoms with Gasteiger partial charge in [0.2, 0.25) is 0 Å². The van der Waals surface area contributed by atoms with Crippen molar-refractivity contribution in [2.45, 2.75) is 0 Å². The first-order chi connectivity index (χ1) is 9.61. The van der Waals surface area contributed by atoms with E-state index in [4.69, 9.17) is 4.42 Å². The van der Waals surface area contributed by atoms with Crippen LogP contribution in [0.1, 0.15) is 5.56 Å². The number of carbonyl (C=O) groups excluding carboxylic acids is 1. The van der Waals surface area contributed by atoms with Gasteiger partial charge in [-0.15, -0.1) is 0 Å². The number of ether oxygens (including phenoxy) is 1. The van der Waals surface area contributed by atoms with Crippen molar-refractivity contribution in [2.24, 2.45) is 5.10 Å². The predicted octanol–water partition coefficient (Wildman–Crippen LogP) is 1.27. The predicted molar refractivity (Wildman–Crippen MR) is 66.1 cm³/mol. The van der Waals surface area contributed by atoms with Gasteiger partial charge in [0.25, 0.3) is 0 Å². The third kappa shape index (κ3) is 2.80. The minimum Gasteiger partial charge on any atom is -0.452 e. The molecule has 2 rings (SSSR count). The van der Waals surface area contributed by atoms with Crippen LogP contribution in [0.3, 0.4) is 0 Å². The molecule has 0 fully saturated rings. The van der Waals surface area contributed by atoms with Gasteiger partial charge in [0, 0.05) is 5.56 Å². The third-order valence-corrected chi connectivity index (χ3v) is 2.23. The molecule has 0 unspecified atom stereocenters. The van der Waals surface area contributed by atoms with E-state index in [1.165, 1.54) is 31.7 Å². The Morgan fingerprint density at radius 3 is 3.10 bits per heavy atom. The lowest BCUT2D eigenvalue weighted by Crippen LogP contribution is -2.16. The van der Waals surface area contributed by atoms with Crippen LogP contribution in [0, 0.1) is 10.1 Å². The maximum absolute atomic E-state index is 10.8. The van der Waals surface area contributed by atoms with Crippen molar-refractivity contribution >= 4 is 18.2 Å². The molecule has 104 valence electrons. The summed E-state index contributed by atoms with van der Waals surface area (Å²) in [6, 6.07) is 2.65. The summed E-state index contributed by atoms with van der Waals surface area (Å²) >= 11 is 0. The zero-order valence-electron chi connectivity index (χ0n) is 10.2. The molecule has 10 nitrogen and oxygen atoms in total. The molecule has 1 amide bonds. The topological polar surface area (TPSA) is 136 Å². The van der Waals surface area contributed by atoms with Crippen molar-refractivity contribution in [1.82, 2.24) is 15.6 Å². The van der Waals surface area contributed by atoms with Gasteiger partial charge in [0.05, 0.1) is 25.6 Å². The Bertz CT molecular complexity index is 659. The number of hydrogen-bond donors (Lipinski definition) is 2. The fraction of sp³-hybridized carbons (Fsp3) is 0.100. The number of methoxy groups -OCH3 is 1. The van der Waals surface area contributed by atoms with E-state index < -0.39 is 11.0 Å². The highest BCUT2D eigenvalue weighted by atomic mass is 16.6. The highest BCUT2D eigenvalue weighted by Gasteiger charge is 2.16. The van der Waals surface area contributed by atoms with Gasteiger partial charge in [0.15, 0.2) is 5.76 Å². The molecule has 2 aromatic rings. The molecule has 0 radical (unpaired) electrons. The molecule has 0 saturated carbocycles. The summed E-state index contributed by atoms with van der Waals surface area (Å²) < 4.78 is 9.37. The normalized spacial score (nSPS) is 10.7. The van der Waals surface area contributed by atoms with Crippen LogP contribution in [0.5, 0.6) is 0 Å². The van der Waals surface area contributed by atoms with Crippen LogP contribution < -0.4 is 5.43 Å². The number of hydrogen-bond acceptors (Lipinski definition) is 7. The van der Waals surface area contributed by atoms with E-state index >= 15 is 0 Å². The van der Waals surface area contributed by atoms with E-state index in [-0.39, 0.29) is 11.6 Å². The molecule has 2 aromatic heterocycles. The summed E-state index contributed by atoms with van der Waals surface area (Å²) in [7, 11) is 1.20. The summed E-state index contributed by atoms with van der Waals surface area (Å²) in [5, 5.41) is 20.6. The van der Waals surface area contributed by atoms with Gasteiger partial charge in [0.1, 0.15) is 10.6 Å².